The summed E-state index contributed by atoms with van der Waals surface area (Å²) in [4.78, 5) is 4.77. The molecule has 1 heterocycles. The van der Waals surface area contributed by atoms with Crippen molar-refractivity contribution in [2.24, 2.45) is 4.99 Å². The third kappa shape index (κ3) is 1.88. The summed E-state index contributed by atoms with van der Waals surface area (Å²) in [7, 11) is 0. The summed E-state index contributed by atoms with van der Waals surface area (Å²) in [5.74, 6) is 0. The second-order valence-corrected chi connectivity index (χ2v) is 5.73. The number of rotatable bonds is 2. The van der Waals surface area contributed by atoms with Gasteiger partial charge in [0.05, 0.1) is 5.70 Å². The van der Waals surface area contributed by atoms with Crippen molar-refractivity contribution >= 4 is 5.71 Å². The molecule has 0 aromatic carbocycles. The van der Waals surface area contributed by atoms with Gasteiger partial charge in [-0.25, -0.2) is 0 Å². The molecule has 0 unspecified atom stereocenters. The van der Waals surface area contributed by atoms with E-state index in [1.807, 2.05) is 0 Å². The van der Waals surface area contributed by atoms with Gasteiger partial charge in [-0.1, -0.05) is 36.3 Å². The van der Waals surface area contributed by atoms with Gasteiger partial charge in [0.25, 0.3) is 0 Å². The first kappa shape index (κ1) is 12.4. The summed E-state index contributed by atoms with van der Waals surface area (Å²) < 4.78 is 0. The maximum atomic E-state index is 4.77. The van der Waals surface area contributed by atoms with Crippen molar-refractivity contribution in [1.82, 2.24) is 0 Å². The van der Waals surface area contributed by atoms with Crippen molar-refractivity contribution in [3.05, 3.63) is 57.4 Å². The SMILES string of the molecule is CCC1=CCC(C2=C3C(=CCC3=C(C)C)N=C2C)=C1. The van der Waals surface area contributed by atoms with Gasteiger partial charge in [0.15, 0.2) is 0 Å². The molecular weight excluding hydrogens is 230 g/mol. The van der Waals surface area contributed by atoms with E-state index >= 15 is 0 Å². The molecule has 98 valence electrons. The van der Waals surface area contributed by atoms with Gasteiger partial charge in [-0.2, -0.15) is 0 Å². The van der Waals surface area contributed by atoms with E-state index in [1.54, 1.807) is 0 Å². The van der Waals surface area contributed by atoms with Gasteiger partial charge in [0.2, 0.25) is 0 Å². The Morgan fingerprint density at radius 3 is 2.58 bits per heavy atom. The van der Waals surface area contributed by atoms with Crippen LogP contribution in [-0.2, 0) is 0 Å². The van der Waals surface area contributed by atoms with Gasteiger partial charge in [0, 0.05) is 16.9 Å². The quantitative estimate of drug-likeness (QED) is 0.651. The van der Waals surface area contributed by atoms with Crippen LogP contribution in [0.15, 0.2) is 62.4 Å². The third-order valence-electron chi connectivity index (χ3n) is 4.23. The second kappa shape index (κ2) is 4.48. The van der Waals surface area contributed by atoms with Gasteiger partial charge in [0.1, 0.15) is 0 Å². The number of fused-ring (bicyclic) bond motifs is 1. The fraction of sp³-hybridized carbons (Fsp3) is 0.389. The Kier molecular flexibility index (Phi) is 2.93. The lowest BCUT2D eigenvalue weighted by Gasteiger charge is -2.10. The predicted molar refractivity (Wildman–Crippen MR) is 82.3 cm³/mol. The number of nitrogens with zero attached hydrogens (tertiary/aromatic N) is 1. The van der Waals surface area contributed by atoms with E-state index in [1.165, 1.54) is 44.8 Å². The number of aliphatic imine (C=N–C) groups is 1. The van der Waals surface area contributed by atoms with Crippen LogP contribution in [0.1, 0.15) is 47.0 Å². The fourth-order valence-electron chi connectivity index (χ4n) is 3.21. The molecule has 1 aliphatic heterocycles. The van der Waals surface area contributed by atoms with E-state index in [-0.39, 0.29) is 0 Å². The largest absolute Gasteiger partial charge is 0.253 e. The van der Waals surface area contributed by atoms with Gasteiger partial charge < -0.3 is 0 Å². The molecule has 0 aromatic rings. The van der Waals surface area contributed by atoms with Crippen LogP contribution in [0, 0.1) is 0 Å². The van der Waals surface area contributed by atoms with E-state index in [4.69, 9.17) is 4.99 Å². The number of hydrogen-bond acceptors (Lipinski definition) is 1. The number of allylic oxidation sites excluding steroid dienone is 8. The van der Waals surface area contributed by atoms with Crippen LogP contribution in [0.2, 0.25) is 0 Å². The normalized spacial score (nSPS) is 21.4. The Balaban J connectivity index is 2.11. The van der Waals surface area contributed by atoms with E-state index in [9.17, 15) is 0 Å². The highest BCUT2D eigenvalue weighted by atomic mass is 14.8. The van der Waals surface area contributed by atoms with E-state index in [0.29, 0.717) is 0 Å². The Morgan fingerprint density at radius 1 is 1.16 bits per heavy atom. The molecule has 1 heteroatoms. The van der Waals surface area contributed by atoms with Crippen molar-refractivity contribution in [2.45, 2.75) is 47.0 Å². The monoisotopic (exact) mass is 251 g/mol. The van der Waals surface area contributed by atoms with Crippen LogP contribution in [-0.4, -0.2) is 5.71 Å². The third-order valence-corrected chi connectivity index (χ3v) is 4.23. The summed E-state index contributed by atoms with van der Waals surface area (Å²) >= 11 is 0. The molecule has 0 atom stereocenters. The van der Waals surface area contributed by atoms with Gasteiger partial charge in [-0.05, 0) is 51.2 Å². The highest BCUT2D eigenvalue weighted by molar-refractivity contribution is 6.08. The molecule has 3 aliphatic rings. The molecule has 19 heavy (non-hydrogen) atoms. The average molecular weight is 251 g/mol. The molecule has 0 fully saturated rings. The molecule has 0 spiro atoms. The standard InChI is InChI=1S/C18H21N/c1-5-13-6-7-14(10-13)17-12(4)19-16-9-8-15(11(2)3)18(16)17/h6,9-10H,5,7-8H2,1-4H3. The van der Waals surface area contributed by atoms with Crippen molar-refractivity contribution in [3.63, 3.8) is 0 Å². The summed E-state index contributed by atoms with van der Waals surface area (Å²) in [6.45, 7) is 8.79. The zero-order valence-electron chi connectivity index (χ0n) is 12.3. The first-order chi connectivity index (χ1) is 9.11. The molecule has 2 aliphatic carbocycles. The Bertz CT molecular complexity index is 627. The summed E-state index contributed by atoms with van der Waals surface area (Å²) in [5.41, 5.74) is 11.0. The predicted octanol–water partition coefficient (Wildman–Crippen LogP) is 5.05. The van der Waals surface area contributed by atoms with E-state index in [2.05, 4.69) is 45.9 Å². The lowest BCUT2D eigenvalue weighted by molar-refractivity contribution is 1.15. The highest BCUT2D eigenvalue weighted by Crippen LogP contribution is 2.44. The zero-order valence-corrected chi connectivity index (χ0v) is 12.3. The van der Waals surface area contributed by atoms with Gasteiger partial charge in [-0.15, -0.1) is 0 Å². The maximum Gasteiger partial charge on any atom is 0.0678 e. The zero-order chi connectivity index (χ0) is 13.6. The van der Waals surface area contributed by atoms with Crippen molar-refractivity contribution < 1.29 is 0 Å². The Morgan fingerprint density at radius 2 is 1.95 bits per heavy atom. The second-order valence-electron chi connectivity index (χ2n) is 5.73. The molecule has 0 amide bonds. The van der Waals surface area contributed by atoms with Crippen LogP contribution in [0.4, 0.5) is 0 Å². The summed E-state index contributed by atoms with van der Waals surface area (Å²) in [6, 6.07) is 0. The topological polar surface area (TPSA) is 12.4 Å². The summed E-state index contributed by atoms with van der Waals surface area (Å²) in [6.07, 6.45) is 10.2. The van der Waals surface area contributed by atoms with Crippen LogP contribution in [0.3, 0.4) is 0 Å². The van der Waals surface area contributed by atoms with E-state index < -0.39 is 0 Å². The first-order valence-electron chi connectivity index (χ1n) is 7.19. The average Bonchev–Trinajstić information content (AvgIpc) is 3.02. The maximum absolute atomic E-state index is 4.77. The molecule has 0 radical (unpaired) electrons. The Labute approximate surface area is 115 Å². The first-order valence-corrected chi connectivity index (χ1v) is 7.19. The smallest absolute Gasteiger partial charge is 0.0678 e. The molecular formula is C18H21N. The van der Waals surface area contributed by atoms with Crippen LogP contribution < -0.4 is 0 Å². The molecule has 0 aromatic heterocycles. The van der Waals surface area contributed by atoms with Crippen LogP contribution in [0.5, 0.6) is 0 Å². The lowest BCUT2D eigenvalue weighted by Crippen LogP contribution is -2.00. The molecule has 0 saturated heterocycles. The minimum Gasteiger partial charge on any atom is -0.253 e. The summed E-state index contributed by atoms with van der Waals surface area (Å²) in [5, 5.41) is 0. The van der Waals surface area contributed by atoms with Crippen LogP contribution in [0.25, 0.3) is 0 Å². The highest BCUT2D eigenvalue weighted by Gasteiger charge is 2.30. The lowest BCUT2D eigenvalue weighted by atomic mass is 9.92. The van der Waals surface area contributed by atoms with Crippen molar-refractivity contribution in [1.29, 1.82) is 0 Å². The van der Waals surface area contributed by atoms with Gasteiger partial charge >= 0.3 is 0 Å². The molecule has 3 rings (SSSR count). The van der Waals surface area contributed by atoms with E-state index in [0.717, 1.165) is 19.3 Å². The Hall–Kier alpha value is -1.63. The molecule has 0 saturated carbocycles. The van der Waals surface area contributed by atoms with Gasteiger partial charge in [-0.3, -0.25) is 4.99 Å². The molecule has 0 bridgehead atoms. The molecule has 0 N–H and O–H groups in total. The van der Waals surface area contributed by atoms with Crippen LogP contribution >= 0.6 is 0 Å². The molecule has 1 nitrogen and oxygen atoms in total. The minimum absolute atomic E-state index is 1.05. The number of hydrogen-bond donors (Lipinski definition) is 0. The van der Waals surface area contributed by atoms with Crippen molar-refractivity contribution in [2.75, 3.05) is 0 Å². The fourth-order valence-corrected chi connectivity index (χ4v) is 3.21. The minimum atomic E-state index is 1.05. The van der Waals surface area contributed by atoms with Crippen molar-refractivity contribution in [3.8, 4) is 0 Å².